The molecule has 0 radical (unpaired) electrons. The molecule has 0 aliphatic rings. The zero-order valence-corrected chi connectivity index (χ0v) is 9.78. The van der Waals surface area contributed by atoms with Crippen LogP contribution >= 0.6 is 0 Å². The van der Waals surface area contributed by atoms with Crippen LogP contribution in [0.3, 0.4) is 0 Å². The van der Waals surface area contributed by atoms with E-state index < -0.39 is 5.60 Å². The summed E-state index contributed by atoms with van der Waals surface area (Å²) in [7, 11) is 0. The molecule has 0 saturated heterocycles. The highest BCUT2D eigenvalue weighted by Crippen LogP contribution is 2.16. The predicted octanol–water partition coefficient (Wildman–Crippen LogP) is 2.17. The van der Waals surface area contributed by atoms with Gasteiger partial charge in [0.2, 0.25) is 0 Å². The third-order valence-corrected chi connectivity index (χ3v) is 1.97. The second-order valence-corrected chi connectivity index (χ2v) is 5.62. The summed E-state index contributed by atoms with van der Waals surface area (Å²) < 4.78 is 0. The van der Waals surface area contributed by atoms with Crippen LogP contribution in [-0.4, -0.2) is 23.8 Å². The van der Waals surface area contributed by atoms with Crippen LogP contribution in [0.15, 0.2) is 0 Å². The molecule has 80 valence electrons. The second-order valence-electron chi connectivity index (χ2n) is 5.62. The minimum absolute atomic E-state index is 0.404. The number of nitrogens with one attached hydrogen (secondary N) is 1. The van der Waals surface area contributed by atoms with Crippen LogP contribution < -0.4 is 5.32 Å². The van der Waals surface area contributed by atoms with E-state index in [0.717, 1.165) is 19.5 Å². The monoisotopic (exact) mass is 187 g/mol. The SMILES string of the molecule is CC(C)(C)CCNCCC(C)(C)O. The van der Waals surface area contributed by atoms with E-state index in [9.17, 15) is 5.11 Å². The lowest BCUT2D eigenvalue weighted by atomic mass is 9.92. The number of aliphatic hydroxyl groups is 1. The van der Waals surface area contributed by atoms with Crippen LogP contribution in [0.1, 0.15) is 47.5 Å². The third kappa shape index (κ3) is 11.9. The molecule has 0 bridgehead atoms. The zero-order valence-electron chi connectivity index (χ0n) is 9.78. The van der Waals surface area contributed by atoms with Crippen LogP contribution in [-0.2, 0) is 0 Å². The Morgan fingerprint density at radius 2 is 1.38 bits per heavy atom. The van der Waals surface area contributed by atoms with Crippen molar-refractivity contribution in [2.75, 3.05) is 13.1 Å². The van der Waals surface area contributed by atoms with E-state index in [-0.39, 0.29) is 0 Å². The Labute approximate surface area is 82.7 Å². The van der Waals surface area contributed by atoms with Gasteiger partial charge in [-0.1, -0.05) is 20.8 Å². The van der Waals surface area contributed by atoms with E-state index >= 15 is 0 Å². The van der Waals surface area contributed by atoms with Crippen LogP contribution in [0.5, 0.6) is 0 Å². The van der Waals surface area contributed by atoms with Gasteiger partial charge < -0.3 is 10.4 Å². The maximum atomic E-state index is 9.44. The highest BCUT2D eigenvalue weighted by atomic mass is 16.3. The average molecular weight is 187 g/mol. The lowest BCUT2D eigenvalue weighted by Gasteiger charge is -2.20. The van der Waals surface area contributed by atoms with Gasteiger partial charge in [0.1, 0.15) is 0 Å². The molecule has 13 heavy (non-hydrogen) atoms. The van der Waals surface area contributed by atoms with Crippen molar-refractivity contribution in [3.8, 4) is 0 Å². The smallest absolute Gasteiger partial charge is 0.0603 e. The average Bonchev–Trinajstić information content (AvgIpc) is 1.81. The molecule has 0 aromatic carbocycles. The Bertz CT molecular complexity index is 114. The van der Waals surface area contributed by atoms with Gasteiger partial charge in [0.25, 0.3) is 0 Å². The van der Waals surface area contributed by atoms with E-state index in [1.165, 1.54) is 6.42 Å². The summed E-state index contributed by atoms with van der Waals surface area (Å²) in [6.07, 6.45) is 2.00. The quantitative estimate of drug-likeness (QED) is 0.647. The first-order valence-corrected chi connectivity index (χ1v) is 5.14. The highest BCUT2D eigenvalue weighted by molar-refractivity contribution is 4.68. The molecule has 0 aromatic heterocycles. The number of hydrogen-bond acceptors (Lipinski definition) is 2. The molecule has 0 rings (SSSR count). The van der Waals surface area contributed by atoms with Crippen molar-refractivity contribution in [1.29, 1.82) is 0 Å². The van der Waals surface area contributed by atoms with Crippen molar-refractivity contribution in [3.63, 3.8) is 0 Å². The first kappa shape index (κ1) is 12.9. The fourth-order valence-electron chi connectivity index (χ4n) is 0.983. The van der Waals surface area contributed by atoms with Gasteiger partial charge in [-0.2, -0.15) is 0 Å². The Balaban J connectivity index is 3.28. The van der Waals surface area contributed by atoms with E-state index in [4.69, 9.17) is 0 Å². The Kier molecular flexibility index (Phi) is 4.93. The van der Waals surface area contributed by atoms with Crippen LogP contribution in [0, 0.1) is 5.41 Å². The molecule has 0 saturated carbocycles. The molecule has 0 aromatic rings. The van der Waals surface area contributed by atoms with Gasteiger partial charge in [-0.15, -0.1) is 0 Å². The van der Waals surface area contributed by atoms with E-state index in [1.807, 2.05) is 13.8 Å². The largest absolute Gasteiger partial charge is 0.390 e. The molecule has 0 aliphatic heterocycles. The van der Waals surface area contributed by atoms with Gasteiger partial charge in [0, 0.05) is 0 Å². The molecule has 0 aliphatic carbocycles. The summed E-state index contributed by atoms with van der Waals surface area (Å²) in [5.74, 6) is 0. The summed E-state index contributed by atoms with van der Waals surface area (Å²) in [4.78, 5) is 0. The maximum absolute atomic E-state index is 9.44. The lowest BCUT2D eigenvalue weighted by molar-refractivity contribution is 0.0711. The van der Waals surface area contributed by atoms with E-state index in [1.54, 1.807) is 0 Å². The predicted molar refractivity (Wildman–Crippen MR) is 57.9 cm³/mol. The summed E-state index contributed by atoms with van der Waals surface area (Å²) in [5.41, 5.74) is -0.129. The fraction of sp³-hybridized carbons (Fsp3) is 1.00. The first-order chi connectivity index (χ1) is 5.71. The topological polar surface area (TPSA) is 32.3 Å². The van der Waals surface area contributed by atoms with E-state index in [0.29, 0.717) is 5.41 Å². The Morgan fingerprint density at radius 3 is 1.77 bits per heavy atom. The number of hydrogen-bond donors (Lipinski definition) is 2. The van der Waals surface area contributed by atoms with Crippen LogP contribution in [0.4, 0.5) is 0 Å². The lowest BCUT2D eigenvalue weighted by Crippen LogP contribution is -2.28. The van der Waals surface area contributed by atoms with Gasteiger partial charge in [-0.25, -0.2) is 0 Å². The van der Waals surface area contributed by atoms with Crippen molar-refractivity contribution >= 4 is 0 Å². The van der Waals surface area contributed by atoms with Crippen molar-refractivity contribution in [2.24, 2.45) is 5.41 Å². The van der Waals surface area contributed by atoms with Gasteiger partial charge in [-0.05, 0) is 45.2 Å². The molecule has 0 atom stereocenters. The fourth-order valence-corrected chi connectivity index (χ4v) is 0.983. The molecule has 0 unspecified atom stereocenters. The highest BCUT2D eigenvalue weighted by Gasteiger charge is 2.12. The van der Waals surface area contributed by atoms with Crippen LogP contribution in [0.25, 0.3) is 0 Å². The van der Waals surface area contributed by atoms with Gasteiger partial charge in [0.05, 0.1) is 5.60 Å². The maximum Gasteiger partial charge on any atom is 0.0603 e. The standard InChI is InChI=1S/C11H25NO/c1-10(2,3)6-8-12-9-7-11(4,5)13/h12-13H,6-9H2,1-5H3. The molecule has 2 heteroatoms. The Morgan fingerprint density at radius 1 is 0.923 bits per heavy atom. The molecular weight excluding hydrogens is 162 g/mol. The molecular formula is C11H25NO. The van der Waals surface area contributed by atoms with Crippen molar-refractivity contribution in [3.05, 3.63) is 0 Å². The van der Waals surface area contributed by atoms with Gasteiger partial charge in [-0.3, -0.25) is 0 Å². The Hall–Kier alpha value is -0.0800. The molecule has 2 N–H and O–H groups in total. The minimum atomic E-state index is -0.533. The minimum Gasteiger partial charge on any atom is -0.390 e. The summed E-state index contributed by atoms with van der Waals surface area (Å²) >= 11 is 0. The zero-order chi connectivity index (χ0) is 10.5. The first-order valence-electron chi connectivity index (χ1n) is 5.14. The van der Waals surface area contributed by atoms with Gasteiger partial charge in [0.15, 0.2) is 0 Å². The van der Waals surface area contributed by atoms with Crippen molar-refractivity contribution in [1.82, 2.24) is 5.32 Å². The normalized spacial score (nSPS) is 13.4. The summed E-state index contributed by atoms with van der Waals surface area (Å²) in [6.45, 7) is 12.4. The molecule has 0 spiro atoms. The van der Waals surface area contributed by atoms with Crippen LogP contribution in [0.2, 0.25) is 0 Å². The molecule has 2 nitrogen and oxygen atoms in total. The van der Waals surface area contributed by atoms with Gasteiger partial charge >= 0.3 is 0 Å². The molecule has 0 fully saturated rings. The third-order valence-electron chi connectivity index (χ3n) is 1.97. The second kappa shape index (κ2) is 4.97. The van der Waals surface area contributed by atoms with Crippen molar-refractivity contribution < 1.29 is 5.11 Å². The summed E-state index contributed by atoms with van der Waals surface area (Å²) in [5, 5.41) is 12.8. The summed E-state index contributed by atoms with van der Waals surface area (Å²) in [6, 6.07) is 0. The molecule has 0 heterocycles. The van der Waals surface area contributed by atoms with E-state index in [2.05, 4.69) is 26.1 Å². The number of rotatable bonds is 5. The molecule has 0 amide bonds. The van der Waals surface area contributed by atoms with Crippen molar-refractivity contribution in [2.45, 2.75) is 53.1 Å².